The molecule has 0 bridgehead atoms. The molecule has 0 aliphatic carbocycles. The van der Waals surface area contributed by atoms with Crippen molar-refractivity contribution in [1.29, 1.82) is 0 Å². The Bertz CT molecular complexity index is 741. The molecule has 1 aromatic carbocycles. The maximum atomic E-state index is 6.14. The van der Waals surface area contributed by atoms with Crippen LogP contribution in [0.5, 0.6) is 0 Å². The molecular weight excluding hydrogens is 363 g/mol. The van der Waals surface area contributed by atoms with E-state index in [4.69, 9.17) is 27.9 Å². The molecule has 2 heterocycles. The lowest BCUT2D eigenvalue weighted by molar-refractivity contribution is 0.0253. The highest BCUT2D eigenvalue weighted by molar-refractivity contribution is 7.16. The third-order valence-electron chi connectivity index (χ3n) is 3.73. The Hall–Kier alpha value is -1.33. The molecule has 0 aliphatic heterocycles. The number of benzene rings is 1. The zero-order chi connectivity index (χ0) is 16.8. The van der Waals surface area contributed by atoms with E-state index in [1.165, 1.54) is 5.56 Å². The van der Waals surface area contributed by atoms with Gasteiger partial charge in [-0.25, -0.2) is 4.98 Å². The summed E-state index contributed by atoms with van der Waals surface area (Å²) in [7, 11) is 0. The Morgan fingerprint density at radius 3 is 2.62 bits per heavy atom. The van der Waals surface area contributed by atoms with Crippen LogP contribution in [-0.2, 0) is 24.3 Å². The summed E-state index contributed by atoms with van der Waals surface area (Å²) in [6, 6.07) is 11.9. The molecule has 2 aromatic heterocycles. The van der Waals surface area contributed by atoms with Crippen LogP contribution in [0.15, 0.2) is 55.1 Å². The highest BCUT2D eigenvalue weighted by Crippen LogP contribution is 2.23. The number of hydrogen-bond donors (Lipinski definition) is 0. The van der Waals surface area contributed by atoms with Crippen molar-refractivity contribution in [3.05, 3.63) is 74.9 Å². The van der Waals surface area contributed by atoms with Gasteiger partial charge in [-0.3, -0.25) is 0 Å². The monoisotopic (exact) mass is 380 g/mol. The summed E-state index contributed by atoms with van der Waals surface area (Å²) in [4.78, 5) is 5.24. The van der Waals surface area contributed by atoms with E-state index in [1.807, 2.05) is 41.4 Å². The molecule has 126 valence electrons. The van der Waals surface area contributed by atoms with E-state index >= 15 is 0 Å². The highest BCUT2D eigenvalue weighted by Gasteiger charge is 2.12. The molecule has 0 saturated heterocycles. The van der Waals surface area contributed by atoms with E-state index in [0.717, 1.165) is 33.6 Å². The first-order valence-corrected chi connectivity index (χ1v) is 9.32. The summed E-state index contributed by atoms with van der Waals surface area (Å²) in [5.41, 5.74) is 1.26. The van der Waals surface area contributed by atoms with Gasteiger partial charge in [0, 0.05) is 28.8 Å². The van der Waals surface area contributed by atoms with Gasteiger partial charge in [0.1, 0.15) is 0 Å². The lowest BCUT2D eigenvalue weighted by atomic mass is 10.1. The van der Waals surface area contributed by atoms with Gasteiger partial charge < -0.3 is 9.30 Å². The molecule has 24 heavy (non-hydrogen) atoms. The van der Waals surface area contributed by atoms with Crippen LogP contribution in [-0.4, -0.2) is 15.7 Å². The normalized spacial score (nSPS) is 12.4. The summed E-state index contributed by atoms with van der Waals surface area (Å²) in [5.74, 6) is 0. The molecule has 0 aliphatic rings. The molecule has 3 nitrogen and oxygen atoms in total. The number of hydrogen-bond acceptors (Lipinski definition) is 3. The third-order valence-corrected chi connectivity index (χ3v) is 5.19. The number of halogens is 2. The maximum absolute atomic E-state index is 6.14. The van der Waals surface area contributed by atoms with Crippen molar-refractivity contribution in [2.45, 2.75) is 32.1 Å². The van der Waals surface area contributed by atoms with Crippen molar-refractivity contribution >= 4 is 34.5 Å². The van der Waals surface area contributed by atoms with Crippen molar-refractivity contribution in [1.82, 2.24) is 9.55 Å². The largest absolute Gasteiger partial charge is 0.371 e. The van der Waals surface area contributed by atoms with Crippen LogP contribution in [0.4, 0.5) is 0 Å². The van der Waals surface area contributed by atoms with Gasteiger partial charge in [0.15, 0.2) is 0 Å². The second-order valence-electron chi connectivity index (χ2n) is 5.56. The minimum atomic E-state index is 0.107. The van der Waals surface area contributed by atoms with E-state index in [9.17, 15) is 0 Å². The molecule has 1 atom stereocenters. The molecule has 1 unspecified atom stereocenters. The smallest absolute Gasteiger partial charge is 0.0946 e. The average molecular weight is 381 g/mol. The standard InChI is InChI=1S/C18H18Cl2N2OS/c19-15-4-1-14(2-5-15)3-6-16(11-22-10-9-21-13-22)23-12-17-7-8-18(20)24-17/h1-2,4-5,7-10,13,16H,3,6,11-12H2. The zero-order valence-electron chi connectivity index (χ0n) is 13.1. The summed E-state index contributed by atoms with van der Waals surface area (Å²) >= 11 is 13.5. The number of thiophene rings is 1. The first-order chi connectivity index (χ1) is 11.7. The van der Waals surface area contributed by atoms with E-state index < -0.39 is 0 Å². The predicted octanol–water partition coefficient (Wildman–Crippen LogP) is 5.47. The third kappa shape index (κ3) is 5.35. The van der Waals surface area contributed by atoms with Crippen LogP contribution in [0.3, 0.4) is 0 Å². The number of nitrogens with zero attached hydrogens (tertiary/aromatic N) is 2. The molecular formula is C18H18Cl2N2OS. The van der Waals surface area contributed by atoms with Crippen molar-refractivity contribution in [3.63, 3.8) is 0 Å². The van der Waals surface area contributed by atoms with Gasteiger partial charge in [0.05, 0.1) is 23.4 Å². The number of imidazole rings is 1. The quantitative estimate of drug-likeness (QED) is 0.517. The number of ether oxygens (including phenoxy) is 1. The fourth-order valence-corrected chi connectivity index (χ4v) is 3.60. The summed E-state index contributed by atoms with van der Waals surface area (Å²) < 4.78 is 8.98. The van der Waals surface area contributed by atoms with Gasteiger partial charge in [-0.15, -0.1) is 11.3 Å². The molecule has 0 amide bonds. The fraction of sp³-hybridized carbons (Fsp3) is 0.278. The first-order valence-electron chi connectivity index (χ1n) is 7.75. The maximum Gasteiger partial charge on any atom is 0.0946 e. The van der Waals surface area contributed by atoms with Crippen LogP contribution in [0.2, 0.25) is 9.36 Å². The van der Waals surface area contributed by atoms with Gasteiger partial charge in [-0.2, -0.15) is 0 Å². The number of rotatable bonds is 8. The van der Waals surface area contributed by atoms with Crippen molar-refractivity contribution in [2.75, 3.05) is 0 Å². The lowest BCUT2D eigenvalue weighted by Gasteiger charge is -2.18. The molecule has 6 heteroatoms. The van der Waals surface area contributed by atoms with Crippen LogP contribution >= 0.6 is 34.5 Å². The Kier molecular flexibility index (Phi) is 6.32. The van der Waals surface area contributed by atoms with Gasteiger partial charge in [0.25, 0.3) is 0 Å². The second-order valence-corrected chi connectivity index (χ2v) is 7.80. The van der Waals surface area contributed by atoms with Gasteiger partial charge in [-0.1, -0.05) is 35.3 Å². The Morgan fingerprint density at radius 2 is 1.96 bits per heavy atom. The van der Waals surface area contributed by atoms with E-state index in [1.54, 1.807) is 17.5 Å². The minimum absolute atomic E-state index is 0.107. The molecule has 0 saturated carbocycles. The van der Waals surface area contributed by atoms with E-state index in [-0.39, 0.29) is 6.10 Å². The molecule has 0 N–H and O–H groups in total. The van der Waals surface area contributed by atoms with Gasteiger partial charge in [-0.05, 0) is 42.7 Å². The minimum Gasteiger partial charge on any atom is -0.371 e. The Labute approximate surface area is 155 Å². The van der Waals surface area contributed by atoms with Crippen LogP contribution in [0.25, 0.3) is 0 Å². The van der Waals surface area contributed by atoms with E-state index in [2.05, 4.69) is 17.1 Å². The van der Waals surface area contributed by atoms with Gasteiger partial charge in [0.2, 0.25) is 0 Å². The summed E-state index contributed by atoms with van der Waals surface area (Å²) in [6.45, 7) is 1.37. The molecule has 0 radical (unpaired) electrons. The molecule has 3 rings (SSSR count). The van der Waals surface area contributed by atoms with Crippen molar-refractivity contribution < 1.29 is 4.74 Å². The molecule has 3 aromatic rings. The van der Waals surface area contributed by atoms with Crippen molar-refractivity contribution in [2.24, 2.45) is 0 Å². The Morgan fingerprint density at radius 1 is 1.12 bits per heavy atom. The van der Waals surface area contributed by atoms with Crippen LogP contribution < -0.4 is 0 Å². The fourth-order valence-electron chi connectivity index (χ4n) is 2.47. The summed E-state index contributed by atoms with van der Waals surface area (Å²) in [5, 5.41) is 0.763. The zero-order valence-corrected chi connectivity index (χ0v) is 15.4. The summed E-state index contributed by atoms with van der Waals surface area (Å²) in [6.07, 6.45) is 7.55. The first kappa shape index (κ1) is 17.5. The predicted molar refractivity (Wildman–Crippen MR) is 99.9 cm³/mol. The molecule has 0 fully saturated rings. The number of aryl methyl sites for hydroxylation is 1. The lowest BCUT2D eigenvalue weighted by Crippen LogP contribution is -2.20. The van der Waals surface area contributed by atoms with E-state index in [0.29, 0.717) is 6.61 Å². The number of aromatic nitrogens is 2. The average Bonchev–Trinajstić information content (AvgIpc) is 3.23. The molecule has 0 spiro atoms. The second kappa shape index (κ2) is 8.67. The topological polar surface area (TPSA) is 27.1 Å². The van der Waals surface area contributed by atoms with Crippen LogP contribution in [0.1, 0.15) is 16.9 Å². The van der Waals surface area contributed by atoms with Crippen molar-refractivity contribution in [3.8, 4) is 0 Å². The Balaban J connectivity index is 1.59. The highest BCUT2D eigenvalue weighted by atomic mass is 35.5. The van der Waals surface area contributed by atoms with Gasteiger partial charge >= 0.3 is 0 Å². The van der Waals surface area contributed by atoms with Crippen LogP contribution in [0, 0.1) is 0 Å². The SMILES string of the molecule is Clc1ccc(CCC(Cn2ccnc2)OCc2ccc(Cl)s2)cc1.